The number of rotatable bonds is 6. The molecule has 1 fully saturated rings. The Bertz CT molecular complexity index is 614. The molecule has 0 aromatic heterocycles. The third-order valence-corrected chi connectivity index (χ3v) is 5.49. The number of carboxylic acids is 1. The maximum atomic E-state index is 12.9. The van der Waals surface area contributed by atoms with Gasteiger partial charge in [0.15, 0.2) is 0 Å². The fourth-order valence-corrected chi connectivity index (χ4v) is 4.05. The first kappa shape index (κ1) is 20.3. The largest absolute Gasteiger partial charge is 0.479 e. The molecule has 5 nitrogen and oxygen atoms in total. The molecule has 1 N–H and O–H groups in total. The smallest absolute Gasteiger partial charge is 0.411 e. The normalized spacial score (nSPS) is 23.1. The van der Waals surface area contributed by atoms with Gasteiger partial charge < -0.3 is 9.84 Å². The van der Waals surface area contributed by atoms with E-state index >= 15 is 0 Å². The number of hydrogen-bond acceptors (Lipinski definition) is 3. The first-order chi connectivity index (χ1) is 12.3. The van der Waals surface area contributed by atoms with E-state index in [2.05, 4.69) is 13.8 Å². The molecule has 144 valence electrons. The molecular formula is C21H31NO4. The maximum Gasteiger partial charge on any atom is 0.411 e. The van der Waals surface area contributed by atoms with Gasteiger partial charge in [-0.3, -0.25) is 4.90 Å². The molecule has 0 saturated heterocycles. The van der Waals surface area contributed by atoms with Crippen LogP contribution in [0.5, 0.6) is 0 Å². The van der Waals surface area contributed by atoms with Crippen LogP contribution in [0.2, 0.25) is 0 Å². The zero-order valence-corrected chi connectivity index (χ0v) is 16.3. The molecule has 1 aliphatic carbocycles. The number of ether oxygens (including phenoxy) is 1. The number of nitrogens with zero attached hydrogens (tertiary/aromatic N) is 1. The Balaban J connectivity index is 2.23. The zero-order valence-electron chi connectivity index (χ0n) is 16.3. The van der Waals surface area contributed by atoms with Gasteiger partial charge in [0.1, 0.15) is 12.1 Å². The van der Waals surface area contributed by atoms with Gasteiger partial charge in [-0.2, -0.15) is 0 Å². The van der Waals surface area contributed by atoms with Crippen LogP contribution in [-0.2, 0) is 16.1 Å². The average molecular weight is 361 g/mol. The number of amides is 1. The van der Waals surface area contributed by atoms with Crippen molar-refractivity contribution in [2.45, 2.75) is 71.6 Å². The molecule has 26 heavy (non-hydrogen) atoms. The van der Waals surface area contributed by atoms with Gasteiger partial charge in [-0.25, -0.2) is 9.59 Å². The lowest BCUT2D eigenvalue weighted by Gasteiger charge is -2.47. The van der Waals surface area contributed by atoms with E-state index in [1.807, 2.05) is 44.2 Å². The number of carboxylic acid groups (broad SMARTS) is 1. The Morgan fingerprint density at radius 3 is 2.42 bits per heavy atom. The van der Waals surface area contributed by atoms with Crippen molar-refractivity contribution in [1.29, 1.82) is 0 Å². The molecule has 1 aromatic rings. The van der Waals surface area contributed by atoms with Gasteiger partial charge >= 0.3 is 12.1 Å². The molecule has 1 aromatic carbocycles. The van der Waals surface area contributed by atoms with Crippen LogP contribution in [0.3, 0.4) is 0 Å². The summed E-state index contributed by atoms with van der Waals surface area (Å²) in [6.07, 6.45) is 2.24. The molecule has 1 aliphatic rings. The fourth-order valence-electron chi connectivity index (χ4n) is 4.05. The zero-order chi connectivity index (χ0) is 19.3. The van der Waals surface area contributed by atoms with E-state index in [1.165, 1.54) is 4.90 Å². The molecule has 5 heteroatoms. The van der Waals surface area contributed by atoms with Crippen LogP contribution in [0.1, 0.15) is 58.9 Å². The van der Waals surface area contributed by atoms with E-state index in [-0.39, 0.29) is 12.6 Å². The van der Waals surface area contributed by atoms with E-state index in [0.29, 0.717) is 24.7 Å². The molecule has 2 rings (SSSR count). The SMILES string of the molecule is CC(C)C1CCCC(C(=O)O)(N(C(=O)OCc2ccccc2)C(C)C)C1. The van der Waals surface area contributed by atoms with Crippen molar-refractivity contribution in [3.05, 3.63) is 35.9 Å². The van der Waals surface area contributed by atoms with Crippen molar-refractivity contribution < 1.29 is 19.4 Å². The summed E-state index contributed by atoms with van der Waals surface area (Å²) in [5.41, 5.74) is -0.299. The molecule has 1 amide bonds. The highest BCUT2D eigenvalue weighted by molar-refractivity contribution is 5.85. The van der Waals surface area contributed by atoms with Crippen molar-refractivity contribution in [2.24, 2.45) is 11.8 Å². The van der Waals surface area contributed by atoms with Crippen LogP contribution < -0.4 is 0 Å². The van der Waals surface area contributed by atoms with Gasteiger partial charge in [-0.1, -0.05) is 50.6 Å². The lowest BCUT2D eigenvalue weighted by molar-refractivity contribution is -0.156. The second-order valence-electron chi connectivity index (χ2n) is 7.94. The van der Waals surface area contributed by atoms with Crippen LogP contribution in [0, 0.1) is 11.8 Å². The van der Waals surface area contributed by atoms with Gasteiger partial charge in [-0.15, -0.1) is 0 Å². The maximum absolute atomic E-state index is 12.9. The number of benzene rings is 1. The van der Waals surface area contributed by atoms with E-state index in [9.17, 15) is 14.7 Å². The number of aliphatic carboxylic acids is 1. The fraction of sp³-hybridized carbons (Fsp3) is 0.619. The van der Waals surface area contributed by atoms with E-state index in [4.69, 9.17) is 4.74 Å². The van der Waals surface area contributed by atoms with E-state index in [1.54, 1.807) is 0 Å². The molecule has 0 spiro atoms. The Morgan fingerprint density at radius 2 is 1.88 bits per heavy atom. The van der Waals surface area contributed by atoms with Crippen molar-refractivity contribution in [3.63, 3.8) is 0 Å². The predicted octanol–water partition coefficient (Wildman–Crippen LogP) is 4.70. The molecule has 0 heterocycles. The van der Waals surface area contributed by atoms with Crippen molar-refractivity contribution in [3.8, 4) is 0 Å². The van der Waals surface area contributed by atoms with Gasteiger partial charge in [0.05, 0.1) is 0 Å². The van der Waals surface area contributed by atoms with Crippen LogP contribution in [0.25, 0.3) is 0 Å². The second kappa shape index (κ2) is 8.56. The highest BCUT2D eigenvalue weighted by atomic mass is 16.6. The van der Waals surface area contributed by atoms with E-state index in [0.717, 1.165) is 18.4 Å². The quantitative estimate of drug-likeness (QED) is 0.797. The van der Waals surface area contributed by atoms with Crippen LogP contribution >= 0.6 is 0 Å². The summed E-state index contributed by atoms with van der Waals surface area (Å²) >= 11 is 0. The first-order valence-electron chi connectivity index (χ1n) is 9.51. The summed E-state index contributed by atoms with van der Waals surface area (Å²) in [5.74, 6) is -0.236. The number of carbonyl (C=O) groups is 2. The minimum atomic E-state index is -1.19. The Kier molecular flexibility index (Phi) is 6.68. The predicted molar refractivity (Wildman–Crippen MR) is 101 cm³/mol. The second-order valence-corrected chi connectivity index (χ2v) is 7.94. The summed E-state index contributed by atoms with van der Waals surface area (Å²) in [4.78, 5) is 26.7. The minimum absolute atomic E-state index is 0.145. The Morgan fingerprint density at radius 1 is 1.23 bits per heavy atom. The van der Waals surface area contributed by atoms with Crippen molar-refractivity contribution in [1.82, 2.24) is 4.90 Å². The van der Waals surface area contributed by atoms with Crippen LogP contribution in [0.15, 0.2) is 30.3 Å². The molecular weight excluding hydrogens is 330 g/mol. The van der Waals surface area contributed by atoms with Crippen molar-refractivity contribution in [2.75, 3.05) is 0 Å². The summed E-state index contributed by atoms with van der Waals surface area (Å²) < 4.78 is 5.50. The Labute approximate surface area is 156 Å². The third kappa shape index (κ3) is 4.37. The number of carbonyl (C=O) groups excluding carboxylic acids is 1. The summed E-state index contributed by atoms with van der Waals surface area (Å²) in [6, 6.07) is 9.19. The topological polar surface area (TPSA) is 66.8 Å². The highest BCUT2D eigenvalue weighted by Crippen LogP contribution is 2.41. The first-order valence-corrected chi connectivity index (χ1v) is 9.51. The van der Waals surface area contributed by atoms with Crippen LogP contribution in [-0.4, -0.2) is 33.6 Å². The molecule has 0 aliphatic heterocycles. The average Bonchev–Trinajstić information content (AvgIpc) is 2.60. The third-order valence-electron chi connectivity index (χ3n) is 5.49. The molecule has 2 atom stereocenters. The molecule has 2 unspecified atom stereocenters. The monoisotopic (exact) mass is 361 g/mol. The standard InChI is InChI=1S/C21H31NO4/c1-15(2)18-11-8-12-21(13-18,19(23)24)22(16(3)4)20(25)26-14-17-9-6-5-7-10-17/h5-7,9-10,15-16,18H,8,11-14H2,1-4H3,(H,23,24). The molecule has 0 radical (unpaired) electrons. The van der Waals surface area contributed by atoms with Crippen molar-refractivity contribution >= 4 is 12.1 Å². The highest BCUT2D eigenvalue weighted by Gasteiger charge is 2.51. The molecule has 0 bridgehead atoms. The van der Waals surface area contributed by atoms with Gasteiger partial charge in [0.2, 0.25) is 0 Å². The van der Waals surface area contributed by atoms with Gasteiger partial charge in [0, 0.05) is 6.04 Å². The lowest BCUT2D eigenvalue weighted by Crippen LogP contribution is -2.62. The summed E-state index contributed by atoms with van der Waals surface area (Å²) in [7, 11) is 0. The van der Waals surface area contributed by atoms with Crippen LogP contribution in [0.4, 0.5) is 4.79 Å². The number of hydrogen-bond donors (Lipinski definition) is 1. The summed E-state index contributed by atoms with van der Waals surface area (Å²) in [6.45, 7) is 8.10. The lowest BCUT2D eigenvalue weighted by atomic mass is 9.70. The summed E-state index contributed by atoms with van der Waals surface area (Å²) in [5, 5.41) is 10.1. The van der Waals surface area contributed by atoms with Gasteiger partial charge in [0.25, 0.3) is 0 Å². The minimum Gasteiger partial charge on any atom is -0.479 e. The molecule has 1 saturated carbocycles. The van der Waals surface area contributed by atoms with E-state index < -0.39 is 17.6 Å². The van der Waals surface area contributed by atoms with Gasteiger partial charge in [-0.05, 0) is 50.5 Å². The Hall–Kier alpha value is -2.04.